The van der Waals surface area contributed by atoms with Gasteiger partial charge < -0.3 is 5.32 Å². The molecule has 1 saturated carbocycles. The first kappa shape index (κ1) is 16.0. The summed E-state index contributed by atoms with van der Waals surface area (Å²) in [6, 6.07) is 5.59. The van der Waals surface area contributed by atoms with Crippen LogP contribution >= 0.6 is 15.9 Å². The van der Waals surface area contributed by atoms with E-state index >= 15 is 0 Å². The third kappa shape index (κ3) is 4.56. The maximum atomic E-state index is 13.2. The minimum absolute atomic E-state index is 0.170. The topological polar surface area (TPSA) is 12.0 Å². The fourth-order valence-electron chi connectivity index (χ4n) is 3.20. The summed E-state index contributed by atoms with van der Waals surface area (Å²) in [4.78, 5) is 0. The second-order valence-corrected chi connectivity index (χ2v) is 6.75. The van der Waals surface area contributed by atoms with Crippen molar-refractivity contribution in [3.05, 3.63) is 34.1 Å². The SMILES string of the molecule is CCCNC(Cc1ccc(F)cc1Br)C1CCCCC1. The van der Waals surface area contributed by atoms with E-state index in [9.17, 15) is 4.39 Å². The van der Waals surface area contributed by atoms with Crippen LogP contribution < -0.4 is 5.32 Å². The van der Waals surface area contributed by atoms with E-state index in [1.54, 1.807) is 12.1 Å². The molecule has 0 bridgehead atoms. The molecule has 0 amide bonds. The third-order valence-electron chi connectivity index (χ3n) is 4.33. The van der Waals surface area contributed by atoms with Crippen molar-refractivity contribution in [1.29, 1.82) is 0 Å². The lowest BCUT2D eigenvalue weighted by molar-refractivity contribution is 0.267. The Morgan fingerprint density at radius 2 is 2.05 bits per heavy atom. The van der Waals surface area contributed by atoms with Gasteiger partial charge in [0.15, 0.2) is 0 Å². The molecule has 112 valence electrons. The van der Waals surface area contributed by atoms with Crippen molar-refractivity contribution in [3.63, 3.8) is 0 Å². The van der Waals surface area contributed by atoms with Gasteiger partial charge in [0.25, 0.3) is 0 Å². The molecule has 3 heteroatoms. The maximum absolute atomic E-state index is 13.2. The van der Waals surface area contributed by atoms with Crippen LogP contribution in [0.1, 0.15) is 51.0 Å². The van der Waals surface area contributed by atoms with Crippen LogP contribution in [-0.2, 0) is 6.42 Å². The van der Waals surface area contributed by atoms with E-state index in [1.165, 1.54) is 37.7 Å². The maximum Gasteiger partial charge on any atom is 0.124 e. The van der Waals surface area contributed by atoms with Crippen LogP contribution in [0.25, 0.3) is 0 Å². The van der Waals surface area contributed by atoms with E-state index in [0.29, 0.717) is 6.04 Å². The molecule has 2 rings (SSSR count). The molecule has 1 nitrogen and oxygen atoms in total. The van der Waals surface area contributed by atoms with Crippen molar-refractivity contribution in [3.8, 4) is 0 Å². The Balaban J connectivity index is 2.05. The second kappa shape index (κ2) is 8.14. The molecule has 0 radical (unpaired) electrons. The van der Waals surface area contributed by atoms with E-state index in [2.05, 4.69) is 28.2 Å². The highest BCUT2D eigenvalue weighted by atomic mass is 79.9. The van der Waals surface area contributed by atoms with Gasteiger partial charge in [-0.25, -0.2) is 4.39 Å². The minimum Gasteiger partial charge on any atom is -0.313 e. The van der Waals surface area contributed by atoms with Crippen molar-refractivity contribution in [2.24, 2.45) is 5.92 Å². The lowest BCUT2D eigenvalue weighted by Crippen LogP contribution is -2.39. The molecule has 0 aliphatic heterocycles. The predicted octanol–water partition coefficient (Wildman–Crippen LogP) is 5.08. The predicted molar refractivity (Wildman–Crippen MR) is 86.5 cm³/mol. The molecule has 1 aliphatic carbocycles. The molecular weight excluding hydrogens is 317 g/mol. The summed E-state index contributed by atoms with van der Waals surface area (Å²) < 4.78 is 14.1. The van der Waals surface area contributed by atoms with Crippen LogP contribution in [0, 0.1) is 11.7 Å². The van der Waals surface area contributed by atoms with E-state index in [4.69, 9.17) is 0 Å². The van der Waals surface area contributed by atoms with E-state index in [1.807, 2.05) is 6.07 Å². The normalized spacial score (nSPS) is 18.1. The first-order valence-electron chi connectivity index (χ1n) is 7.88. The van der Waals surface area contributed by atoms with Gasteiger partial charge in [0.2, 0.25) is 0 Å². The molecule has 1 aromatic rings. The average Bonchev–Trinajstić information content (AvgIpc) is 2.46. The van der Waals surface area contributed by atoms with Crippen molar-refractivity contribution >= 4 is 15.9 Å². The summed E-state index contributed by atoms with van der Waals surface area (Å²) in [7, 11) is 0. The van der Waals surface area contributed by atoms with Gasteiger partial charge in [-0.1, -0.05) is 48.2 Å². The Hall–Kier alpha value is -0.410. The molecule has 1 aliphatic rings. The fourth-order valence-corrected chi connectivity index (χ4v) is 3.71. The molecule has 0 saturated heterocycles. The van der Waals surface area contributed by atoms with Gasteiger partial charge in [0.1, 0.15) is 5.82 Å². The van der Waals surface area contributed by atoms with Crippen LogP contribution in [0.2, 0.25) is 0 Å². The van der Waals surface area contributed by atoms with Crippen LogP contribution in [0.4, 0.5) is 4.39 Å². The molecule has 0 aromatic heterocycles. The Bertz CT molecular complexity index is 415. The standard InChI is InChI=1S/C17H25BrFN/c1-2-10-20-17(13-6-4-3-5-7-13)11-14-8-9-15(19)12-16(14)18/h8-9,12-13,17,20H,2-7,10-11H2,1H3. The molecule has 1 atom stereocenters. The smallest absolute Gasteiger partial charge is 0.124 e. The van der Waals surface area contributed by atoms with Crippen molar-refractivity contribution in [2.75, 3.05) is 6.54 Å². The molecule has 1 aromatic carbocycles. The van der Waals surface area contributed by atoms with Crippen molar-refractivity contribution in [1.82, 2.24) is 5.32 Å². The lowest BCUT2D eigenvalue weighted by atomic mass is 9.81. The lowest BCUT2D eigenvalue weighted by Gasteiger charge is -2.31. The Morgan fingerprint density at radius 1 is 1.30 bits per heavy atom. The first-order valence-corrected chi connectivity index (χ1v) is 8.67. The highest BCUT2D eigenvalue weighted by molar-refractivity contribution is 9.10. The first-order chi connectivity index (χ1) is 9.70. The van der Waals surface area contributed by atoms with E-state index in [0.717, 1.165) is 29.8 Å². The molecular formula is C17H25BrFN. The zero-order valence-electron chi connectivity index (χ0n) is 12.3. The van der Waals surface area contributed by atoms with E-state index < -0.39 is 0 Å². The highest BCUT2D eigenvalue weighted by Gasteiger charge is 2.23. The molecule has 1 N–H and O–H groups in total. The molecule has 1 unspecified atom stereocenters. The largest absolute Gasteiger partial charge is 0.313 e. The van der Waals surface area contributed by atoms with Crippen LogP contribution in [0.5, 0.6) is 0 Å². The fraction of sp³-hybridized carbons (Fsp3) is 0.647. The van der Waals surface area contributed by atoms with Crippen LogP contribution in [0.15, 0.2) is 22.7 Å². The Kier molecular flexibility index (Phi) is 6.50. The summed E-state index contributed by atoms with van der Waals surface area (Å²) in [6.07, 6.45) is 8.93. The average molecular weight is 342 g/mol. The third-order valence-corrected chi connectivity index (χ3v) is 5.07. The minimum atomic E-state index is -0.170. The van der Waals surface area contributed by atoms with Gasteiger partial charge in [0.05, 0.1) is 0 Å². The number of hydrogen-bond donors (Lipinski definition) is 1. The van der Waals surface area contributed by atoms with E-state index in [-0.39, 0.29) is 5.82 Å². The molecule has 0 heterocycles. The number of rotatable bonds is 6. The summed E-state index contributed by atoms with van der Waals surface area (Å²) in [6.45, 7) is 3.28. The Labute approximate surface area is 130 Å². The quantitative estimate of drug-likeness (QED) is 0.760. The second-order valence-electron chi connectivity index (χ2n) is 5.90. The number of nitrogens with one attached hydrogen (secondary N) is 1. The van der Waals surface area contributed by atoms with Crippen molar-refractivity contribution < 1.29 is 4.39 Å². The molecule has 0 spiro atoms. The van der Waals surface area contributed by atoms with Gasteiger partial charge in [-0.15, -0.1) is 0 Å². The summed E-state index contributed by atoms with van der Waals surface area (Å²) in [5.41, 5.74) is 1.21. The molecule has 1 fully saturated rings. The Morgan fingerprint density at radius 3 is 2.70 bits per heavy atom. The number of halogens is 2. The highest BCUT2D eigenvalue weighted by Crippen LogP contribution is 2.29. The van der Waals surface area contributed by atoms with Crippen molar-refractivity contribution in [2.45, 2.75) is 57.9 Å². The summed E-state index contributed by atoms with van der Waals surface area (Å²) in [5, 5.41) is 3.71. The van der Waals surface area contributed by atoms with Gasteiger partial charge in [0, 0.05) is 10.5 Å². The zero-order chi connectivity index (χ0) is 14.4. The van der Waals surface area contributed by atoms with Gasteiger partial charge in [-0.05, 0) is 55.8 Å². The monoisotopic (exact) mass is 341 g/mol. The summed E-state index contributed by atoms with van der Waals surface area (Å²) in [5.74, 6) is 0.601. The van der Waals surface area contributed by atoms with Gasteiger partial charge in [-0.2, -0.15) is 0 Å². The summed E-state index contributed by atoms with van der Waals surface area (Å²) >= 11 is 3.50. The zero-order valence-corrected chi connectivity index (χ0v) is 13.9. The number of hydrogen-bond acceptors (Lipinski definition) is 1. The van der Waals surface area contributed by atoms with Crippen LogP contribution in [-0.4, -0.2) is 12.6 Å². The molecule has 20 heavy (non-hydrogen) atoms. The number of benzene rings is 1. The van der Waals surface area contributed by atoms with Crippen LogP contribution in [0.3, 0.4) is 0 Å². The van der Waals surface area contributed by atoms with Gasteiger partial charge >= 0.3 is 0 Å². The van der Waals surface area contributed by atoms with Gasteiger partial charge in [-0.3, -0.25) is 0 Å².